The number of morpholine rings is 1. The number of ether oxygens (including phenoxy) is 1. The molecule has 2 saturated heterocycles. The van der Waals surface area contributed by atoms with E-state index in [0.29, 0.717) is 19.0 Å². The lowest BCUT2D eigenvalue weighted by molar-refractivity contribution is -0.122. The van der Waals surface area contributed by atoms with Crippen molar-refractivity contribution in [3.63, 3.8) is 0 Å². The van der Waals surface area contributed by atoms with E-state index in [1.54, 1.807) is 6.20 Å². The van der Waals surface area contributed by atoms with Crippen molar-refractivity contribution in [1.29, 1.82) is 0 Å². The molecular formula is C18H22N4O2S. The highest BCUT2D eigenvalue weighted by Gasteiger charge is 2.32. The van der Waals surface area contributed by atoms with E-state index in [-0.39, 0.29) is 12.0 Å². The first kappa shape index (κ1) is 16.6. The molecule has 2 atom stereocenters. The second-order valence-electron chi connectivity index (χ2n) is 6.59. The van der Waals surface area contributed by atoms with Crippen molar-refractivity contribution >= 4 is 17.2 Å². The van der Waals surface area contributed by atoms with Gasteiger partial charge in [0.25, 0.3) is 0 Å². The molecule has 25 heavy (non-hydrogen) atoms. The summed E-state index contributed by atoms with van der Waals surface area (Å²) in [4.78, 5) is 23.5. The summed E-state index contributed by atoms with van der Waals surface area (Å²) in [5.74, 6) is -0.00924. The molecule has 4 rings (SSSR count). The van der Waals surface area contributed by atoms with Crippen molar-refractivity contribution in [2.75, 3.05) is 26.2 Å². The fourth-order valence-corrected chi connectivity index (χ4v) is 4.25. The molecule has 0 aliphatic carbocycles. The smallest absolute Gasteiger partial charge is 0.226 e. The van der Waals surface area contributed by atoms with Gasteiger partial charge in [0.2, 0.25) is 5.91 Å². The summed E-state index contributed by atoms with van der Waals surface area (Å²) in [6, 6.07) is 6.33. The fraction of sp³-hybridized carbons (Fsp3) is 0.500. The molecule has 2 aromatic rings. The van der Waals surface area contributed by atoms with Crippen LogP contribution in [-0.4, -0.2) is 59.2 Å². The molecule has 6 nitrogen and oxygen atoms in total. The van der Waals surface area contributed by atoms with Gasteiger partial charge in [0.05, 0.1) is 30.5 Å². The van der Waals surface area contributed by atoms with Gasteiger partial charge in [-0.25, -0.2) is 4.98 Å². The van der Waals surface area contributed by atoms with Crippen molar-refractivity contribution in [1.82, 2.24) is 20.2 Å². The first-order valence-corrected chi connectivity index (χ1v) is 9.64. The summed E-state index contributed by atoms with van der Waals surface area (Å²) in [5.41, 5.74) is 1.63. The van der Waals surface area contributed by atoms with Gasteiger partial charge in [-0.05, 0) is 31.5 Å². The van der Waals surface area contributed by atoms with Gasteiger partial charge in [-0.15, -0.1) is 11.3 Å². The van der Waals surface area contributed by atoms with Gasteiger partial charge in [-0.2, -0.15) is 0 Å². The average molecular weight is 358 g/mol. The summed E-state index contributed by atoms with van der Waals surface area (Å²) in [6.07, 6.45) is 4.63. The quantitative estimate of drug-likeness (QED) is 0.882. The van der Waals surface area contributed by atoms with Crippen molar-refractivity contribution in [2.24, 2.45) is 0 Å². The van der Waals surface area contributed by atoms with Crippen LogP contribution in [0.15, 0.2) is 29.8 Å². The van der Waals surface area contributed by atoms with E-state index in [2.05, 4.69) is 20.2 Å². The molecule has 2 aliphatic heterocycles. The predicted octanol–water partition coefficient (Wildman–Crippen LogP) is 1.73. The number of rotatable bonds is 5. The summed E-state index contributed by atoms with van der Waals surface area (Å²) in [7, 11) is 0. The number of amides is 1. The number of aromatic nitrogens is 2. The zero-order valence-corrected chi connectivity index (χ0v) is 14.9. The van der Waals surface area contributed by atoms with Gasteiger partial charge < -0.3 is 10.1 Å². The molecule has 2 aliphatic rings. The number of fused-ring (bicyclic) bond motifs is 1. The Labute approximate surface area is 151 Å². The lowest BCUT2D eigenvalue weighted by atomic mass is 10.2. The highest BCUT2D eigenvalue weighted by Crippen LogP contribution is 2.23. The zero-order valence-electron chi connectivity index (χ0n) is 14.1. The Morgan fingerprint density at radius 2 is 2.40 bits per heavy atom. The molecule has 1 amide bonds. The molecule has 2 fully saturated rings. The lowest BCUT2D eigenvalue weighted by Gasteiger charge is -2.35. The van der Waals surface area contributed by atoms with Gasteiger partial charge in [0.1, 0.15) is 5.01 Å². The number of hydrogen-bond donors (Lipinski definition) is 1. The molecule has 0 bridgehead atoms. The number of hydrogen-bond acceptors (Lipinski definition) is 6. The van der Waals surface area contributed by atoms with E-state index >= 15 is 0 Å². The van der Waals surface area contributed by atoms with Crippen LogP contribution in [0.5, 0.6) is 0 Å². The van der Waals surface area contributed by atoms with Crippen molar-refractivity contribution < 1.29 is 9.53 Å². The molecule has 2 aromatic heterocycles. The number of nitrogens with zero attached hydrogens (tertiary/aromatic N) is 3. The first-order chi connectivity index (χ1) is 12.3. The third kappa shape index (κ3) is 4.05. The maximum absolute atomic E-state index is 12.2. The number of carbonyl (C=O) groups excluding carboxylic acids is 1. The van der Waals surface area contributed by atoms with Gasteiger partial charge in [-0.3, -0.25) is 14.7 Å². The summed E-state index contributed by atoms with van der Waals surface area (Å²) < 4.78 is 5.88. The van der Waals surface area contributed by atoms with Gasteiger partial charge in [0, 0.05) is 30.7 Å². The van der Waals surface area contributed by atoms with Gasteiger partial charge >= 0.3 is 0 Å². The standard InChI is InChI=1S/C18H22N4O2S/c23-17(20-9-15-10-22-7-3-4-14(22)11-24-15)8-13-12-25-18(21-13)16-5-1-2-6-19-16/h1-2,5-6,12,14-15H,3-4,7-11H2,(H,20,23). The maximum Gasteiger partial charge on any atom is 0.226 e. The Morgan fingerprint density at radius 1 is 1.44 bits per heavy atom. The van der Waals surface area contributed by atoms with Crippen LogP contribution in [-0.2, 0) is 16.0 Å². The Balaban J connectivity index is 1.26. The third-order valence-electron chi connectivity index (χ3n) is 4.77. The monoisotopic (exact) mass is 358 g/mol. The van der Waals surface area contributed by atoms with Crippen LogP contribution in [0.4, 0.5) is 0 Å². The first-order valence-electron chi connectivity index (χ1n) is 8.76. The molecular weight excluding hydrogens is 336 g/mol. The highest BCUT2D eigenvalue weighted by atomic mass is 32.1. The minimum atomic E-state index is -0.00924. The molecule has 7 heteroatoms. The molecule has 0 spiro atoms. The summed E-state index contributed by atoms with van der Waals surface area (Å²) in [5, 5.41) is 5.76. The highest BCUT2D eigenvalue weighted by molar-refractivity contribution is 7.13. The molecule has 4 heterocycles. The average Bonchev–Trinajstić information content (AvgIpc) is 3.29. The predicted molar refractivity (Wildman–Crippen MR) is 96.4 cm³/mol. The van der Waals surface area contributed by atoms with Crippen LogP contribution in [0, 0.1) is 0 Å². The molecule has 132 valence electrons. The number of thiazole rings is 1. The van der Waals surface area contributed by atoms with E-state index < -0.39 is 0 Å². The number of pyridine rings is 1. The fourth-order valence-electron chi connectivity index (χ4n) is 3.46. The van der Waals surface area contributed by atoms with E-state index in [0.717, 1.165) is 36.1 Å². The second-order valence-corrected chi connectivity index (χ2v) is 7.44. The molecule has 1 N–H and O–H groups in total. The van der Waals surface area contributed by atoms with E-state index in [1.807, 2.05) is 23.6 Å². The largest absolute Gasteiger partial charge is 0.373 e. The van der Waals surface area contributed by atoms with E-state index in [1.165, 1.54) is 24.2 Å². The number of nitrogens with one attached hydrogen (secondary N) is 1. The van der Waals surface area contributed by atoms with Crippen molar-refractivity contribution in [2.45, 2.75) is 31.4 Å². The molecule has 0 saturated carbocycles. The molecule has 0 aromatic carbocycles. The van der Waals surface area contributed by atoms with E-state index in [4.69, 9.17) is 4.74 Å². The molecule has 0 radical (unpaired) electrons. The second kappa shape index (κ2) is 7.59. The van der Waals surface area contributed by atoms with Crippen LogP contribution in [0.25, 0.3) is 10.7 Å². The zero-order chi connectivity index (χ0) is 17.1. The van der Waals surface area contributed by atoms with Gasteiger partial charge in [0.15, 0.2) is 0 Å². The molecule has 2 unspecified atom stereocenters. The minimum absolute atomic E-state index is 0.00924. The van der Waals surface area contributed by atoms with E-state index in [9.17, 15) is 4.79 Å². The Kier molecular flexibility index (Phi) is 5.05. The normalized spacial score (nSPS) is 23.4. The Morgan fingerprint density at radius 3 is 3.28 bits per heavy atom. The van der Waals surface area contributed by atoms with Crippen LogP contribution in [0.2, 0.25) is 0 Å². The lowest BCUT2D eigenvalue weighted by Crippen LogP contribution is -2.50. The minimum Gasteiger partial charge on any atom is -0.373 e. The van der Waals surface area contributed by atoms with Crippen molar-refractivity contribution in [3.05, 3.63) is 35.5 Å². The number of carbonyl (C=O) groups is 1. The van der Waals surface area contributed by atoms with Crippen molar-refractivity contribution in [3.8, 4) is 10.7 Å². The topological polar surface area (TPSA) is 67.4 Å². The van der Waals surface area contributed by atoms with Crippen LogP contribution < -0.4 is 5.32 Å². The van der Waals surface area contributed by atoms with Crippen LogP contribution >= 0.6 is 11.3 Å². The van der Waals surface area contributed by atoms with Crippen LogP contribution in [0.3, 0.4) is 0 Å². The Hall–Kier alpha value is -1.83. The van der Waals surface area contributed by atoms with Crippen LogP contribution in [0.1, 0.15) is 18.5 Å². The maximum atomic E-state index is 12.2. The SMILES string of the molecule is O=C(Cc1csc(-c2ccccn2)n1)NCC1CN2CCCC2CO1. The third-order valence-corrected chi connectivity index (χ3v) is 5.68. The Bertz CT molecular complexity index is 721. The summed E-state index contributed by atoms with van der Waals surface area (Å²) >= 11 is 1.52. The summed E-state index contributed by atoms with van der Waals surface area (Å²) in [6.45, 7) is 3.44. The van der Waals surface area contributed by atoms with Gasteiger partial charge in [-0.1, -0.05) is 6.07 Å².